The quantitative estimate of drug-likeness (QED) is 0.872. The fourth-order valence-corrected chi connectivity index (χ4v) is 4.06. The van der Waals surface area contributed by atoms with Crippen molar-refractivity contribution in [3.05, 3.63) is 65.2 Å². The molecule has 2 aromatic carbocycles. The van der Waals surface area contributed by atoms with Gasteiger partial charge >= 0.3 is 5.97 Å². The molecule has 1 aliphatic heterocycles. The fraction of sp³-hybridized carbons (Fsp3) is 0.286. The Labute approximate surface area is 156 Å². The van der Waals surface area contributed by atoms with Crippen LogP contribution in [0.1, 0.15) is 41.5 Å². The third-order valence-electron chi connectivity index (χ3n) is 5.34. The smallest absolute Gasteiger partial charge is 0.311 e. The standard InChI is InChI=1S/C21H20N2O4/c24-19(12-23-18-8-4-1-5-13(18)9-10-20(23)25)22-17-11-16(21(26)27)14-6-2-3-7-15(14)17/h1-8,16-17H,9-12H2,(H,22,24)(H,26,27). The van der Waals surface area contributed by atoms with Gasteiger partial charge in [-0.3, -0.25) is 14.4 Å². The number of hydrogen-bond acceptors (Lipinski definition) is 3. The Morgan fingerprint density at radius 1 is 1.04 bits per heavy atom. The van der Waals surface area contributed by atoms with Crippen molar-refractivity contribution >= 4 is 23.5 Å². The summed E-state index contributed by atoms with van der Waals surface area (Å²) in [6, 6.07) is 14.5. The highest BCUT2D eigenvalue weighted by atomic mass is 16.4. The van der Waals surface area contributed by atoms with Gasteiger partial charge in [-0.15, -0.1) is 0 Å². The van der Waals surface area contributed by atoms with E-state index in [-0.39, 0.29) is 24.4 Å². The summed E-state index contributed by atoms with van der Waals surface area (Å²) in [5.41, 5.74) is 3.42. The van der Waals surface area contributed by atoms with Gasteiger partial charge in [-0.1, -0.05) is 42.5 Å². The minimum absolute atomic E-state index is 0.0632. The summed E-state index contributed by atoms with van der Waals surface area (Å²) < 4.78 is 0. The Morgan fingerprint density at radius 3 is 2.52 bits per heavy atom. The topological polar surface area (TPSA) is 86.7 Å². The van der Waals surface area contributed by atoms with E-state index in [9.17, 15) is 19.5 Å². The van der Waals surface area contributed by atoms with Gasteiger partial charge in [0.15, 0.2) is 0 Å². The normalized spacial score (nSPS) is 20.7. The summed E-state index contributed by atoms with van der Waals surface area (Å²) in [6.45, 7) is -0.0632. The van der Waals surface area contributed by atoms with Crippen molar-refractivity contribution in [2.45, 2.75) is 31.2 Å². The molecular weight excluding hydrogens is 344 g/mol. The van der Waals surface area contributed by atoms with Crippen molar-refractivity contribution in [1.29, 1.82) is 0 Å². The maximum atomic E-state index is 12.7. The highest BCUT2D eigenvalue weighted by molar-refractivity contribution is 6.01. The van der Waals surface area contributed by atoms with E-state index in [1.165, 1.54) is 4.90 Å². The molecule has 0 radical (unpaired) electrons. The minimum Gasteiger partial charge on any atom is -0.481 e. The average Bonchev–Trinajstić information content (AvgIpc) is 3.03. The molecule has 0 saturated carbocycles. The van der Waals surface area contributed by atoms with Crippen LogP contribution in [0.25, 0.3) is 0 Å². The summed E-state index contributed by atoms with van der Waals surface area (Å²) in [6.07, 6.45) is 1.39. The van der Waals surface area contributed by atoms with Crippen molar-refractivity contribution in [2.24, 2.45) is 0 Å². The van der Waals surface area contributed by atoms with E-state index in [0.29, 0.717) is 19.3 Å². The first-order valence-electron chi connectivity index (χ1n) is 9.04. The highest BCUT2D eigenvalue weighted by Gasteiger charge is 2.36. The van der Waals surface area contributed by atoms with E-state index in [2.05, 4.69) is 5.32 Å². The molecule has 6 heteroatoms. The summed E-state index contributed by atoms with van der Waals surface area (Å²) in [5, 5.41) is 12.4. The van der Waals surface area contributed by atoms with Gasteiger partial charge in [0.2, 0.25) is 11.8 Å². The van der Waals surface area contributed by atoms with E-state index < -0.39 is 11.9 Å². The molecule has 0 saturated heterocycles. The number of aryl methyl sites for hydroxylation is 1. The van der Waals surface area contributed by atoms with Gasteiger partial charge in [-0.25, -0.2) is 0 Å². The van der Waals surface area contributed by atoms with Crippen LogP contribution in [-0.4, -0.2) is 29.4 Å². The van der Waals surface area contributed by atoms with Crippen molar-refractivity contribution in [3.8, 4) is 0 Å². The number of fused-ring (bicyclic) bond motifs is 2. The summed E-state index contributed by atoms with van der Waals surface area (Å²) >= 11 is 0. The van der Waals surface area contributed by atoms with Crippen LogP contribution in [0.3, 0.4) is 0 Å². The third-order valence-corrected chi connectivity index (χ3v) is 5.34. The van der Waals surface area contributed by atoms with Crippen LogP contribution in [0.2, 0.25) is 0 Å². The second-order valence-corrected chi connectivity index (χ2v) is 6.98. The number of benzene rings is 2. The monoisotopic (exact) mass is 364 g/mol. The van der Waals surface area contributed by atoms with Gasteiger partial charge in [0.05, 0.1) is 12.0 Å². The molecule has 1 heterocycles. The molecule has 0 spiro atoms. The second kappa shape index (κ2) is 6.87. The minimum atomic E-state index is -0.890. The predicted molar refractivity (Wildman–Crippen MR) is 99.4 cm³/mol. The van der Waals surface area contributed by atoms with E-state index in [4.69, 9.17) is 0 Å². The van der Waals surface area contributed by atoms with E-state index >= 15 is 0 Å². The summed E-state index contributed by atoms with van der Waals surface area (Å²) in [7, 11) is 0. The number of hydrogen-bond donors (Lipinski definition) is 2. The lowest BCUT2D eigenvalue weighted by Gasteiger charge is -2.29. The van der Waals surface area contributed by atoms with Crippen LogP contribution in [-0.2, 0) is 20.8 Å². The molecule has 0 bridgehead atoms. The molecular formula is C21H20N2O4. The number of nitrogens with zero attached hydrogens (tertiary/aromatic N) is 1. The largest absolute Gasteiger partial charge is 0.481 e. The number of carboxylic acids is 1. The number of amides is 2. The van der Waals surface area contributed by atoms with Gasteiger partial charge in [0.25, 0.3) is 0 Å². The zero-order valence-corrected chi connectivity index (χ0v) is 14.7. The Balaban J connectivity index is 1.51. The molecule has 2 unspecified atom stereocenters. The molecule has 2 atom stereocenters. The molecule has 2 aromatic rings. The van der Waals surface area contributed by atoms with E-state index in [0.717, 1.165) is 22.4 Å². The van der Waals surface area contributed by atoms with Crippen molar-refractivity contribution < 1.29 is 19.5 Å². The molecule has 2 aliphatic rings. The van der Waals surface area contributed by atoms with Gasteiger partial charge in [0, 0.05) is 12.1 Å². The van der Waals surface area contributed by atoms with Crippen LogP contribution in [0.15, 0.2) is 48.5 Å². The van der Waals surface area contributed by atoms with E-state index in [1.54, 1.807) is 6.07 Å². The maximum Gasteiger partial charge on any atom is 0.311 e. The number of anilines is 1. The molecule has 4 rings (SSSR count). The predicted octanol–water partition coefficient (Wildman–Crippen LogP) is 2.40. The fourth-order valence-electron chi connectivity index (χ4n) is 4.06. The number of para-hydroxylation sites is 1. The molecule has 6 nitrogen and oxygen atoms in total. The number of rotatable bonds is 4. The molecule has 0 fully saturated rings. The first kappa shape index (κ1) is 17.3. The van der Waals surface area contributed by atoms with Crippen molar-refractivity contribution in [2.75, 3.05) is 11.4 Å². The van der Waals surface area contributed by atoms with Crippen LogP contribution < -0.4 is 10.2 Å². The highest BCUT2D eigenvalue weighted by Crippen LogP contribution is 2.40. The Kier molecular flexibility index (Phi) is 4.39. The number of carboxylic acid groups (broad SMARTS) is 1. The van der Waals surface area contributed by atoms with Gasteiger partial charge in [0.1, 0.15) is 6.54 Å². The Bertz CT molecular complexity index is 924. The number of carbonyl (C=O) groups is 3. The third kappa shape index (κ3) is 3.18. The first-order valence-corrected chi connectivity index (χ1v) is 9.04. The van der Waals surface area contributed by atoms with Gasteiger partial charge in [-0.2, -0.15) is 0 Å². The van der Waals surface area contributed by atoms with Crippen LogP contribution in [0, 0.1) is 0 Å². The number of nitrogens with one attached hydrogen (secondary N) is 1. The lowest BCUT2D eigenvalue weighted by atomic mass is 10.0. The molecule has 2 N–H and O–H groups in total. The first-order chi connectivity index (χ1) is 13.0. The SMILES string of the molecule is O=C(CN1C(=O)CCc2ccccc21)NC1CC(C(=O)O)c2ccccc21. The lowest BCUT2D eigenvalue weighted by Crippen LogP contribution is -2.43. The van der Waals surface area contributed by atoms with Crippen LogP contribution >= 0.6 is 0 Å². The molecule has 2 amide bonds. The molecule has 27 heavy (non-hydrogen) atoms. The number of aliphatic carboxylic acids is 1. The van der Waals surface area contributed by atoms with Crippen molar-refractivity contribution in [1.82, 2.24) is 5.32 Å². The zero-order chi connectivity index (χ0) is 19.0. The summed E-state index contributed by atoms with van der Waals surface area (Å²) in [4.78, 5) is 38.0. The Hall–Kier alpha value is -3.15. The van der Waals surface area contributed by atoms with E-state index in [1.807, 2.05) is 42.5 Å². The molecule has 1 aliphatic carbocycles. The molecule has 0 aromatic heterocycles. The van der Waals surface area contributed by atoms with Crippen LogP contribution in [0.4, 0.5) is 5.69 Å². The lowest BCUT2D eigenvalue weighted by molar-refractivity contribution is -0.139. The summed E-state index contributed by atoms with van der Waals surface area (Å²) in [5.74, 6) is -1.87. The van der Waals surface area contributed by atoms with Crippen LogP contribution in [0.5, 0.6) is 0 Å². The Morgan fingerprint density at radius 2 is 1.74 bits per heavy atom. The average molecular weight is 364 g/mol. The van der Waals surface area contributed by atoms with Crippen molar-refractivity contribution in [3.63, 3.8) is 0 Å². The zero-order valence-electron chi connectivity index (χ0n) is 14.7. The molecule has 138 valence electrons. The van der Waals surface area contributed by atoms with Gasteiger partial charge in [-0.05, 0) is 35.6 Å². The van der Waals surface area contributed by atoms with Gasteiger partial charge < -0.3 is 15.3 Å². The second-order valence-electron chi connectivity index (χ2n) is 6.98. The number of carbonyl (C=O) groups excluding carboxylic acids is 2. The maximum absolute atomic E-state index is 12.7.